The Hall–Kier alpha value is -4.20. The summed E-state index contributed by atoms with van der Waals surface area (Å²) in [6.45, 7) is 1.07. The largest absolute Gasteiger partial charge is 0.493 e. The molecule has 33 heavy (non-hydrogen) atoms. The predicted molar refractivity (Wildman–Crippen MR) is 124 cm³/mol. The minimum atomic E-state index is -0.482. The number of hydrogen-bond acceptors (Lipinski definition) is 5. The van der Waals surface area contributed by atoms with Gasteiger partial charge in [-0.25, -0.2) is 9.78 Å². The number of ether oxygens (including phenoxy) is 1. The molecule has 5 rings (SSSR count). The van der Waals surface area contributed by atoms with Gasteiger partial charge in [0.2, 0.25) is 0 Å². The van der Waals surface area contributed by atoms with Gasteiger partial charge in [-0.2, -0.15) is 0 Å². The Labute approximate surface area is 189 Å². The number of rotatable bonds is 4. The van der Waals surface area contributed by atoms with Crippen LogP contribution in [0.1, 0.15) is 21.5 Å². The van der Waals surface area contributed by atoms with E-state index in [1.165, 1.54) is 36.5 Å². The maximum Gasteiger partial charge on any atom is 0.332 e. The van der Waals surface area contributed by atoms with E-state index in [-0.39, 0.29) is 22.5 Å². The molecule has 0 spiro atoms. The van der Waals surface area contributed by atoms with E-state index in [1.54, 1.807) is 0 Å². The summed E-state index contributed by atoms with van der Waals surface area (Å²) in [5.41, 5.74) is 3.96. The van der Waals surface area contributed by atoms with Crippen molar-refractivity contribution < 1.29 is 9.53 Å². The van der Waals surface area contributed by atoms with Gasteiger partial charge >= 0.3 is 5.69 Å². The van der Waals surface area contributed by atoms with Gasteiger partial charge in [-0.3, -0.25) is 18.7 Å². The topological polar surface area (TPSA) is 95.2 Å². The summed E-state index contributed by atoms with van der Waals surface area (Å²) in [7, 11) is 2.94. The second-order valence-electron chi connectivity index (χ2n) is 8.10. The highest BCUT2D eigenvalue weighted by Crippen LogP contribution is 2.30. The van der Waals surface area contributed by atoms with E-state index in [9.17, 15) is 14.4 Å². The molecule has 8 nitrogen and oxygen atoms in total. The Kier molecular flexibility index (Phi) is 5.05. The van der Waals surface area contributed by atoms with Crippen LogP contribution >= 0.6 is 0 Å². The van der Waals surface area contributed by atoms with Crippen molar-refractivity contribution >= 4 is 16.9 Å². The van der Waals surface area contributed by atoms with Crippen molar-refractivity contribution in [3.05, 3.63) is 92.3 Å². The van der Waals surface area contributed by atoms with Crippen molar-refractivity contribution in [3.63, 3.8) is 0 Å². The Morgan fingerprint density at radius 1 is 1.03 bits per heavy atom. The standard InChI is InChI=1S/C25H22N4O4/c1-28-22-20(24(31)29(2)25(28)32)12-19(14-26-22)23(30)27-13-15-3-5-16(6-4-15)17-7-8-21-18(11-17)9-10-33-21/h3-8,11-12,14H,9-10,13H2,1-2H3,(H,27,30). The quantitative estimate of drug-likeness (QED) is 0.523. The average Bonchev–Trinajstić information content (AvgIpc) is 3.32. The lowest BCUT2D eigenvalue weighted by atomic mass is 10.0. The Balaban J connectivity index is 1.31. The van der Waals surface area contributed by atoms with Gasteiger partial charge in [0.25, 0.3) is 11.5 Å². The molecular formula is C25H22N4O4. The lowest BCUT2D eigenvalue weighted by Gasteiger charge is -2.09. The number of nitrogens with one attached hydrogen (secondary N) is 1. The number of carbonyl (C=O) groups excluding carboxylic acids is 1. The summed E-state index contributed by atoms with van der Waals surface area (Å²) in [6.07, 6.45) is 2.30. The monoisotopic (exact) mass is 442 g/mol. The zero-order valence-electron chi connectivity index (χ0n) is 18.3. The third kappa shape index (κ3) is 3.69. The molecule has 0 saturated carbocycles. The second kappa shape index (κ2) is 8.05. The number of carbonyl (C=O) groups is 1. The number of pyridine rings is 1. The molecule has 0 bridgehead atoms. The third-order valence-corrected chi connectivity index (χ3v) is 5.99. The van der Waals surface area contributed by atoms with Gasteiger partial charge in [0, 0.05) is 33.3 Å². The van der Waals surface area contributed by atoms with Crippen LogP contribution in [0.15, 0.2) is 64.3 Å². The number of nitrogens with zero attached hydrogens (tertiary/aromatic N) is 3. The van der Waals surface area contributed by atoms with Crippen LogP contribution in [0.25, 0.3) is 22.2 Å². The maximum absolute atomic E-state index is 12.7. The van der Waals surface area contributed by atoms with Crippen molar-refractivity contribution in [2.24, 2.45) is 14.1 Å². The molecule has 0 fully saturated rings. The van der Waals surface area contributed by atoms with Crippen LogP contribution in [0, 0.1) is 0 Å². The molecule has 0 aliphatic carbocycles. The number of fused-ring (bicyclic) bond motifs is 2. The van der Waals surface area contributed by atoms with Crippen molar-refractivity contribution in [3.8, 4) is 16.9 Å². The van der Waals surface area contributed by atoms with E-state index in [0.29, 0.717) is 6.54 Å². The van der Waals surface area contributed by atoms with E-state index in [4.69, 9.17) is 4.74 Å². The molecule has 166 valence electrons. The summed E-state index contributed by atoms with van der Waals surface area (Å²) in [4.78, 5) is 41.3. The zero-order valence-corrected chi connectivity index (χ0v) is 18.3. The molecule has 0 radical (unpaired) electrons. The third-order valence-electron chi connectivity index (χ3n) is 5.99. The van der Waals surface area contributed by atoms with Crippen molar-refractivity contribution in [1.82, 2.24) is 19.4 Å². The van der Waals surface area contributed by atoms with Crippen LogP contribution in [0.3, 0.4) is 0 Å². The fourth-order valence-electron chi connectivity index (χ4n) is 4.06. The molecule has 1 N–H and O–H groups in total. The normalized spacial score (nSPS) is 12.4. The Morgan fingerprint density at radius 2 is 1.79 bits per heavy atom. The number of benzene rings is 2. The highest BCUT2D eigenvalue weighted by Gasteiger charge is 2.14. The first kappa shape index (κ1) is 20.7. The Morgan fingerprint density at radius 3 is 2.58 bits per heavy atom. The van der Waals surface area contributed by atoms with Gasteiger partial charge in [0.05, 0.1) is 17.6 Å². The maximum atomic E-state index is 12.7. The van der Waals surface area contributed by atoms with Crippen LogP contribution in [0.5, 0.6) is 5.75 Å². The van der Waals surface area contributed by atoms with Crippen LogP contribution in [0.4, 0.5) is 0 Å². The Bertz CT molecular complexity index is 1520. The van der Waals surface area contributed by atoms with Gasteiger partial charge in [-0.1, -0.05) is 30.3 Å². The molecule has 1 amide bonds. The summed E-state index contributed by atoms with van der Waals surface area (Å²) < 4.78 is 7.86. The first-order valence-electron chi connectivity index (χ1n) is 10.6. The van der Waals surface area contributed by atoms with E-state index < -0.39 is 11.2 Å². The van der Waals surface area contributed by atoms with Crippen LogP contribution in [0.2, 0.25) is 0 Å². The number of aryl methyl sites for hydroxylation is 1. The van der Waals surface area contributed by atoms with E-state index in [0.717, 1.165) is 40.0 Å². The molecule has 2 aromatic carbocycles. The predicted octanol–water partition coefficient (Wildman–Crippen LogP) is 2.16. The number of hydrogen-bond donors (Lipinski definition) is 1. The molecule has 4 aromatic rings. The van der Waals surface area contributed by atoms with Crippen LogP contribution in [-0.4, -0.2) is 26.6 Å². The summed E-state index contributed by atoms with van der Waals surface area (Å²) in [5, 5.41) is 3.08. The second-order valence-corrected chi connectivity index (χ2v) is 8.10. The first-order chi connectivity index (χ1) is 15.9. The molecular weight excluding hydrogens is 420 g/mol. The number of aromatic nitrogens is 3. The highest BCUT2D eigenvalue weighted by molar-refractivity contribution is 5.96. The van der Waals surface area contributed by atoms with Gasteiger partial charge in [0.15, 0.2) is 0 Å². The highest BCUT2D eigenvalue weighted by atomic mass is 16.5. The van der Waals surface area contributed by atoms with Crippen LogP contribution in [-0.2, 0) is 27.1 Å². The lowest BCUT2D eigenvalue weighted by molar-refractivity contribution is 0.0950. The molecule has 8 heteroatoms. The zero-order chi connectivity index (χ0) is 23.1. The smallest absolute Gasteiger partial charge is 0.332 e. The van der Waals surface area contributed by atoms with Gasteiger partial charge < -0.3 is 10.1 Å². The number of amides is 1. The average molecular weight is 442 g/mol. The fraction of sp³-hybridized carbons (Fsp3) is 0.200. The lowest BCUT2D eigenvalue weighted by Crippen LogP contribution is -2.37. The van der Waals surface area contributed by atoms with E-state index in [1.807, 2.05) is 36.4 Å². The van der Waals surface area contributed by atoms with Crippen molar-refractivity contribution in [2.75, 3.05) is 6.61 Å². The molecule has 1 aliphatic heterocycles. The van der Waals surface area contributed by atoms with Crippen molar-refractivity contribution in [2.45, 2.75) is 13.0 Å². The molecule has 2 aromatic heterocycles. The summed E-state index contributed by atoms with van der Waals surface area (Å²) in [6, 6.07) is 15.7. The summed E-state index contributed by atoms with van der Waals surface area (Å²) >= 11 is 0. The molecule has 1 aliphatic rings. The molecule has 0 saturated heterocycles. The minimum Gasteiger partial charge on any atom is -0.493 e. The van der Waals surface area contributed by atoms with Gasteiger partial charge in [0.1, 0.15) is 11.4 Å². The van der Waals surface area contributed by atoms with Gasteiger partial charge in [-0.05, 0) is 40.5 Å². The van der Waals surface area contributed by atoms with Crippen molar-refractivity contribution in [1.29, 1.82) is 0 Å². The molecule has 0 atom stereocenters. The fourth-order valence-corrected chi connectivity index (χ4v) is 4.06. The molecule has 0 unspecified atom stereocenters. The summed E-state index contributed by atoms with van der Waals surface area (Å²) in [5.74, 6) is 0.615. The van der Waals surface area contributed by atoms with Gasteiger partial charge in [-0.15, -0.1) is 0 Å². The first-order valence-corrected chi connectivity index (χ1v) is 10.6. The molecule has 3 heterocycles. The van der Waals surface area contributed by atoms with E-state index in [2.05, 4.69) is 16.4 Å². The van der Waals surface area contributed by atoms with Crippen LogP contribution < -0.4 is 21.3 Å². The SMILES string of the molecule is Cn1c(=O)c2cc(C(=O)NCc3ccc(-c4ccc5c(c4)CCO5)cc3)cnc2n(C)c1=O. The van der Waals surface area contributed by atoms with E-state index >= 15 is 0 Å². The minimum absolute atomic E-state index is 0.219.